The summed E-state index contributed by atoms with van der Waals surface area (Å²) in [7, 11) is 2.11. The molecular weight excluding hydrogens is 841 g/mol. The number of nitrogen functional groups attached to an aromatic ring is 1. The summed E-state index contributed by atoms with van der Waals surface area (Å²) in [5, 5.41) is 3.54. The molecule has 14 heteroatoms. The topological polar surface area (TPSA) is 153 Å². The Kier molecular flexibility index (Phi) is 12.2. The quantitative estimate of drug-likeness (QED) is 0.154. The molecule has 0 bridgehead atoms. The van der Waals surface area contributed by atoms with Crippen LogP contribution in [0.25, 0.3) is 22.2 Å². The molecule has 5 aromatic rings. The van der Waals surface area contributed by atoms with Gasteiger partial charge in [0.05, 0.1) is 5.41 Å². The number of likely N-dealkylation sites (tertiary alicyclic amines) is 2. The van der Waals surface area contributed by atoms with Gasteiger partial charge < -0.3 is 20.1 Å². The zero-order valence-electron chi connectivity index (χ0n) is 39.4. The number of fused-ring (bicyclic) bond motifs is 2. The lowest BCUT2D eigenvalue weighted by atomic mass is 9.85. The molecule has 0 saturated carbocycles. The Labute approximate surface area is 393 Å². The van der Waals surface area contributed by atoms with E-state index in [0.29, 0.717) is 24.1 Å². The van der Waals surface area contributed by atoms with E-state index in [0.717, 1.165) is 136 Å². The highest BCUT2D eigenvalue weighted by molar-refractivity contribution is 6.13. The molecule has 0 radical (unpaired) electrons. The van der Waals surface area contributed by atoms with Gasteiger partial charge in [0.25, 0.3) is 5.91 Å². The minimum atomic E-state index is -0.751. The molecule has 350 valence electrons. The van der Waals surface area contributed by atoms with E-state index in [9.17, 15) is 19.2 Å². The second kappa shape index (κ2) is 18.3. The van der Waals surface area contributed by atoms with Crippen LogP contribution in [0.4, 0.5) is 11.5 Å². The molecule has 2 aromatic carbocycles. The fourth-order valence-electron chi connectivity index (χ4n) is 11.6. The van der Waals surface area contributed by atoms with Crippen LogP contribution in [0.15, 0.2) is 79.1 Å². The maximum atomic E-state index is 13.7. The Morgan fingerprint density at radius 3 is 2.27 bits per heavy atom. The number of aromatic nitrogens is 3. The van der Waals surface area contributed by atoms with Gasteiger partial charge >= 0.3 is 0 Å². The van der Waals surface area contributed by atoms with Crippen molar-refractivity contribution < 1.29 is 19.2 Å². The van der Waals surface area contributed by atoms with Crippen molar-refractivity contribution in [1.82, 2.24) is 39.5 Å². The zero-order valence-corrected chi connectivity index (χ0v) is 39.4. The summed E-state index contributed by atoms with van der Waals surface area (Å²) >= 11 is 0. The standard InChI is InChI=1S/C53H64N10O4/c1-34(46-30-42-41(15-20-55-49(42)58(46)4)40-10-13-47(54)56-31-40)61-23-18-38(19-24-61)37-6-8-39(9-7-37)51(66)62-21-16-35(17-22-62)32-59-25-27-60(28-26-59)33-36-5-11-44-43(29-36)53(2,3)52(67)63(44)45-12-14-48(64)57-50(45)65/h5-11,13,15,20,29-31,34-35,38,45H,12,14,16-19,21-28,32-33H2,1-4H3,(H2,54,56)(H,57,64,65)/t34-,45?/m0/s1. The molecule has 5 aliphatic rings. The van der Waals surface area contributed by atoms with E-state index in [-0.39, 0.29) is 30.2 Å². The SMILES string of the molecule is C[C@@H](c1cc2c(-c3ccc(N)nc3)ccnc2n1C)N1CCC(c2ccc(C(=O)N3CCC(CN4CCN(Cc5ccc6c(c5)C(C)(C)C(=O)N6C5CCC(=O)NC5=O)CC4)CC3)cc2)CC1. The monoisotopic (exact) mass is 905 g/mol. The minimum Gasteiger partial charge on any atom is -0.384 e. The lowest BCUT2D eigenvalue weighted by Crippen LogP contribution is -2.55. The number of carbonyl (C=O) groups excluding carboxylic acids is 4. The average molecular weight is 905 g/mol. The smallest absolute Gasteiger partial charge is 0.253 e. The fourth-order valence-corrected chi connectivity index (χ4v) is 11.6. The molecule has 4 fully saturated rings. The molecule has 5 aliphatic heterocycles. The van der Waals surface area contributed by atoms with Gasteiger partial charge in [-0.3, -0.25) is 39.2 Å². The molecule has 2 atom stereocenters. The number of piperazine rings is 1. The Hall–Kier alpha value is -5.96. The first kappa shape index (κ1) is 44.9. The van der Waals surface area contributed by atoms with Crippen LogP contribution < -0.4 is 16.0 Å². The number of rotatable bonds is 10. The van der Waals surface area contributed by atoms with Gasteiger partial charge in [-0.1, -0.05) is 24.3 Å². The van der Waals surface area contributed by atoms with Crippen molar-refractivity contribution in [2.24, 2.45) is 13.0 Å². The molecule has 1 unspecified atom stereocenters. The van der Waals surface area contributed by atoms with Gasteiger partial charge in [0.2, 0.25) is 17.7 Å². The molecule has 0 spiro atoms. The van der Waals surface area contributed by atoms with E-state index in [2.05, 4.69) is 84.8 Å². The first-order chi connectivity index (χ1) is 32.3. The van der Waals surface area contributed by atoms with Crippen molar-refractivity contribution in [3.8, 4) is 11.1 Å². The third-order valence-corrected chi connectivity index (χ3v) is 15.8. The second-order valence-electron chi connectivity index (χ2n) is 20.2. The van der Waals surface area contributed by atoms with Crippen molar-refractivity contribution >= 4 is 46.2 Å². The van der Waals surface area contributed by atoms with Gasteiger partial charge in [-0.15, -0.1) is 0 Å². The number of imide groups is 1. The van der Waals surface area contributed by atoms with Crippen molar-refractivity contribution in [2.75, 3.05) is 69.5 Å². The first-order valence-corrected chi connectivity index (χ1v) is 24.4. The first-order valence-electron chi connectivity index (χ1n) is 24.4. The van der Waals surface area contributed by atoms with E-state index in [1.165, 1.54) is 11.3 Å². The van der Waals surface area contributed by atoms with Crippen LogP contribution in [0, 0.1) is 5.92 Å². The number of hydrogen-bond donors (Lipinski definition) is 2. The maximum Gasteiger partial charge on any atom is 0.253 e. The molecule has 14 nitrogen and oxygen atoms in total. The van der Waals surface area contributed by atoms with Gasteiger partial charge in [-0.25, -0.2) is 9.97 Å². The van der Waals surface area contributed by atoms with Crippen LogP contribution in [0.5, 0.6) is 0 Å². The highest BCUT2D eigenvalue weighted by atomic mass is 16.2. The number of aryl methyl sites for hydroxylation is 1. The summed E-state index contributed by atoms with van der Waals surface area (Å²) in [4.78, 5) is 72.2. The van der Waals surface area contributed by atoms with E-state index in [1.807, 2.05) is 56.6 Å². The molecular formula is C53H64N10O4. The molecule has 8 heterocycles. The van der Waals surface area contributed by atoms with Crippen molar-refractivity contribution in [3.05, 3.63) is 107 Å². The molecule has 3 aromatic heterocycles. The van der Waals surface area contributed by atoms with Crippen LogP contribution >= 0.6 is 0 Å². The average Bonchev–Trinajstić information content (AvgIpc) is 3.78. The largest absolute Gasteiger partial charge is 0.384 e. The molecule has 4 amide bonds. The van der Waals surface area contributed by atoms with E-state index in [1.54, 1.807) is 4.90 Å². The predicted molar refractivity (Wildman–Crippen MR) is 260 cm³/mol. The third kappa shape index (κ3) is 8.75. The second-order valence-corrected chi connectivity index (χ2v) is 20.2. The predicted octanol–water partition coefficient (Wildman–Crippen LogP) is 6.26. The van der Waals surface area contributed by atoms with Gasteiger partial charge in [0, 0.05) is 112 Å². The summed E-state index contributed by atoms with van der Waals surface area (Å²) in [5.41, 5.74) is 14.5. The number of amides is 4. The Morgan fingerprint density at radius 2 is 1.57 bits per heavy atom. The number of nitrogens with two attached hydrogens (primary N) is 1. The number of carbonyl (C=O) groups is 4. The van der Waals surface area contributed by atoms with E-state index in [4.69, 9.17) is 10.7 Å². The van der Waals surface area contributed by atoms with Crippen LogP contribution in [0.1, 0.15) is 104 Å². The molecule has 3 N–H and O–H groups in total. The van der Waals surface area contributed by atoms with E-state index >= 15 is 0 Å². The number of piperidine rings is 3. The van der Waals surface area contributed by atoms with Crippen LogP contribution in [-0.4, -0.2) is 123 Å². The van der Waals surface area contributed by atoms with Crippen molar-refractivity contribution in [2.45, 2.75) is 89.3 Å². The highest BCUT2D eigenvalue weighted by Gasteiger charge is 2.49. The van der Waals surface area contributed by atoms with Crippen molar-refractivity contribution in [3.63, 3.8) is 0 Å². The zero-order chi connectivity index (χ0) is 46.6. The third-order valence-electron chi connectivity index (χ3n) is 15.8. The molecule has 4 saturated heterocycles. The molecule has 67 heavy (non-hydrogen) atoms. The lowest BCUT2D eigenvalue weighted by Gasteiger charge is -2.39. The summed E-state index contributed by atoms with van der Waals surface area (Å²) in [6.07, 6.45) is 8.48. The summed E-state index contributed by atoms with van der Waals surface area (Å²) in [5.74, 6) is 0.934. The maximum absolute atomic E-state index is 13.7. The van der Waals surface area contributed by atoms with E-state index < -0.39 is 17.4 Å². The van der Waals surface area contributed by atoms with Gasteiger partial charge in [0.15, 0.2) is 0 Å². The highest BCUT2D eigenvalue weighted by Crippen LogP contribution is 2.44. The number of anilines is 2. The molecule has 10 rings (SSSR count). The van der Waals surface area contributed by atoms with Gasteiger partial charge in [-0.05, 0) is 143 Å². The number of nitrogens with zero attached hydrogens (tertiary/aromatic N) is 8. The Bertz CT molecular complexity index is 2670. The van der Waals surface area contributed by atoms with Gasteiger partial charge in [-0.2, -0.15) is 0 Å². The van der Waals surface area contributed by atoms with Crippen LogP contribution in [0.2, 0.25) is 0 Å². The number of pyridine rings is 2. The Balaban J connectivity index is 0.668. The van der Waals surface area contributed by atoms with Crippen LogP contribution in [-0.2, 0) is 33.4 Å². The number of nitrogens with one attached hydrogen (secondary N) is 1. The lowest BCUT2D eigenvalue weighted by molar-refractivity contribution is -0.136. The summed E-state index contributed by atoms with van der Waals surface area (Å²) < 4.78 is 2.23. The Morgan fingerprint density at radius 1 is 0.836 bits per heavy atom. The van der Waals surface area contributed by atoms with Crippen molar-refractivity contribution in [1.29, 1.82) is 0 Å². The fraction of sp³-hybridized carbons (Fsp3) is 0.472. The van der Waals surface area contributed by atoms with Gasteiger partial charge in [0.1, 0.15) is 17.5 Å². The number of hydrogen-bond acceptors (Lipinski definition) is 10. The molecule has 0 aliphatic carbocycles. The van der Waals surface area contributed by atoms with Crippen LogP contribution in [0.3, 0.4) is 0 Å². The minimum absolute atomic E-state index is 0.0954. The summed E-state index contributed by atoms with van der Waals surface area (Å²) in [6.45, 7) is 15.6. The number of benzene rings is 2. The normalized spacial score (nSPS) is 21.8. The summed E-state index contributed by atoms with van der Waals surface area (Å²) in [6, 6.07) is 22.5.